The molecular weight excluding hydrogens is 1330 g/mol. The summed E-state index contributed by atoms with van der Waals surface area (Å²) in [5.74, 6) is -16.1. The van der Waals surface area contributed by atoms with Crippen molar-refractivity contribution in [2.45, 2.75) is 217 Å². The quantitative estimate of drug-likeness (QED) is 0.0354. The summed E-state index contributed by atoms with van der Waals surface area (Å²) in [5, 5.41) is 58.9. The van der Waals surface area contributed by atoms with E-state index < -0.39 is 199 Å². The summed E-state index contributed by atoms with van der Waals surface area (Å²) in [7, 11) is 0. The Morgan fingerprint density at radius 1 is 0.673 bits per heavy atom. The average Bonchev–Trinajstić information content (AvgIpc) is 1.84. The molecule has 3 heterocycles. The monoisotopic (exact) mass is 1440 g/mol. The Labute approximate surface area is 590 Å². The highest BCUT2D eigenvalue weighted by Gasteiger charge is 2.40. The molecule has 0 aliphatic carbocycles. The Morgan fingerprint density at radius 3 is 1.88 bits per heavy atom. The number of aliphatic carboxylic acids is 2. The number of aliphatic hydroxyl groups excluding tert-OH is 1. The summed E-state index contributed by atoms with van der Waals surface area (Å²) >= 11 is 1.33. The maximum absolute atomic E-state index is 14.9. The highest BCUT2D eigenvalue weighted by Crippen LogP contribution is 2.25. The second-order valence-electron chi connectivity index (χ2n) is 26.1. The zero-order valence-electron chi connectivity index (χ0n) is 58.3. The smallest absolute Gasteiger partial charge is 0.305 e. The number of nitrogens with two attached hydrogens (primary N) is 3. The zero-order chi connectivity index (χ0) is 75.0. The van der Waals surface area contributed by atoms with Crippen molar-refractivity contribution in [2.24, 2.45) is 45.9 Å². The molecule has 560 valence electrons. The lowest BCUT2D eigenvalue weighted by Gasteiger charge is -2.30. The highest BCUT2D eigenvalue weighted by molar-refractivity contribution is 8.14. The number of carboxylic acids is 2. The van der Waals surface area contributed by atoms with Gasteiger partial charge in [-0.15, -0.1) is 11.8 Å². The van der Waals surface area contributed by atoms with Gasteiger partial charge in [0.2, 0.25) is 70.9 Å². The van der Waals surface area contributed by atoms with Gasteiger partial charge in [0.05, 0.1) is 30.3 Å². The van der Waals surface area contributed by atoms with Crippen LogP contribution in [0.3, 0.4) is 0 Å². The SMILES string of the molecule is CC[C@H](C)[C@H](N)C1=N[C@H](C(=O)N[C@@H](CC(C)C)C(=O)N[C@H](CCC(=O)O)C(=O)N[C@H](C(=O)N[C@H]2CCCCNC(=O)[C@H](CC(N)=O)NC(=O)[C@@H](CC(=O)O)NC(=O)[C@H](Cc3cnc[nH]3)NC(=O)[C@@H](Cc3ccccc3)NC(=O)[C@H]([C@@H](C)CC)NC(=O)[C@@H](CCCN)NC2=O)[C@@H](C)CCO)CS1. The third kappa shape index (κ3) is 28.5. The maximum atomic E-state index is 14.9. The van der Waals surface area contributed by atoms with Crippen molar-refractivity contribution in [3.63, 3.8) is 0 Å². The Morgan fingerprint density at radius 2 is 1.29 bits per heavy atom. The first-order valence-corrected chi connectivity index (χ1v) is 35.2. The van der Waals surface area contributed by atoms with E-state index in [-0.39, 0.29) is 101 Å². The number of carbonyl (C=O) groups is 14. The first kappa shape index (κ1) is 84.3. The van der Waals surface area contributed by atoms with Crippen molar-refractivity contribution in [3.8, 4) is 0 Å². The number of amides is 12. The van der Waals surface area contributed by atoms with Crippen molar-refractivity contribution < 1.29 is 82.4 Å². The maximum Gasteiger partial charge on any atom is 0.305 e. The predicted octanol–water partition coefficient (Wildman–Crippen LogP) is -2.71. The number of imidazole rings is 1. The summed E-state index contributed by atoms with van der Waals surface area (Å²) in [6.07, 6.45) is -0.376. The molecule has 1 aromatic heterocycles. The number of H-pyrrole nitrogens is 1. The van der Waals surface area contributed by atoms with Crippen LogP contribution in [0.5, 0.6) is 0 Å². The second-order valence-corrected chi connectivity index (χ2v) is 27.1. The number of aromatic nitrogens is 2. The van der Waals surface area contributed by atoms with Gasteiger partial charge in [-0.2, -0.15) is 0 Å². The molecule has 21 N–H and O–H groups in total. The molecule has 0 radical (unpaired) electrons. The lowest BCUT2D eigenvalue weighted by Crippen LogP contribution is -2.62. The fourth-order valence-corrected chi connectivity index (χ4v) is 12.2. The number of primary amides is 1. The van der Waals surface area contributed by atoms with Gasteiger partial charge in [0.1, 0.15) is 66.5 Å². The topological polar surface area (TPSA) is 551 Å². The van der Waals surface area contributed by atoms with Crippen molar-refractivity contribution in [1.29, 1.82) is 0 Å². The van der Waals surface area contributed by atoms with Gasteiger partial charge in [-0.1, -0.05) is 91.6 Å². The number of aliphatic hydroxyl groups is 1. The minimum Gasteiger partial charge on any atom is -0.481 e. The summed E-state index contributed by atoms with van der Waals surface area (Å²) in [4.78, 5) is 207. The van der Waals surface area contributed by atoms with Crippen LogP contribution in [0.4, 0.5) is 0 Å². The lowest BCUT2D eigenvalue weighted by molar-refractivity contribution is -0.142. The number of carboxylic acid groups (broad SMARTS) is 2. The molecule has 2 aliphatic heterocycles. The van der Waals surface area contributed by atoms with E-state index in [0.717, 1.165) is 6.42 Å². The van der Waals surface area contributed by atoms with Gasteiger partial charge in [-0.25, -0.2) is 4.98 Å². The Balaban J connectivity index is 1.79. The molecule has 101 heavy (non-hydrogen) atoms. The Bertz CT molecular complexity index is 3180. The molecule has 15 atom stereocenters. The van der Waals surface area contributed by atoms with E-state index in [1.807, 2.05) is 13.8 Å². The van der Waals surface area contributed by atoms with Crippen molar-refractivity contribution in [3.05, 3.63) is 54.1 Å². The number of hydrogen-bond donors (Lipinski definition) is 18. The van der Waals surface area contributed by atoms with Crippen LogP contribution >= 0.6 is 11.8 Å². The van der Waals surface area contributed by atoms with Crippen LogP contribution in [0, 0.1) is 23.7 Å². The molecule has 1 fully saturated rings. The molecule has 0 spiro atoms. The Hall–Kier alpha value is -9.09. The van der Waals surface area contributed by atoms with E-state index in [9.17, 15) is 82.4 Å². The van der Waals surface area contributed by atoms with E-state index in [2.05, 4.69) is 73.4 Å². The van der Waals surface area contributed by atoms with E-state index in [4.69, 9.17) is 17.2 Å². The largest absolute Gasteiger partial charge is 0.481 e. The van der Waals surface area contributed by atoms with Gasteiger partial charge in [0.25, 0.3) is 0 Å². The van der Waals surface area contributed by atoms with Crippen molar-refractivity contribution in [2.75, 3.05) is 25.4 Å². The summed E-state index contributed by atoms with van der Waals surface area (Å²) in [6.45, 7) is 11.6. The molecule has 0 bridgehead atoms. The van der Waals surface area contributed by atoms with Gasteiger partial charge in [-0.05, 0) is 87.1 Å². The highest BCUT2D eigenvalue weighted by atomic mass is 32.2. The lowest BCUT2D eigenvalue weighted by atomic mass is 9.95. The minimum atomic E-state index is -1.96. The number of carbonyl (C=O) groups excluding carboxylic acids is 12. The molecule has 0 unspecified atom stereocenters. The number of nitrogens with one attached hydrogen (secondary N) is 12. The van der Waals surface area contributed by atoms with Crippen LogP contribution < -0.4 is 75.7 Å². The van der Waals surface area contributed by atoms with Crippen LogP contribution in [-0.2, 0) is 80.0 Å². The van der Waals surface area contributed by atoms with E-state index >= 15 is 0 Å². The summed E-state index contributed by atoms with van der Waals surface area (Å²) in [5.41, 5.74) is 18.7. The molecule has 0 saturated carbocycles. The molecule has 2 aliphatic rings. The molecule has 12 amide bonds. The van der Waals surface area contributed by atoms with Crippen LogP contribution in [0.15, 0.2) is 47.8 Å². The standard InChI is InChI=1S/C66H103N17O17S/c1-8-35(5)52(69)66-81-48(32-101-66)63(98)76-43(26-34(3)4)59(94)74-42(20-21-50(86)87)58(93)83-54(37(7)22-25-84)65(100)75-40-18-13-14-24-71-55(90)46(29-49(68)85)78-62(97)47(30-51(88)89)79-61(96)45(28-39-31-70-33-72-39)77-60(95)44(27-38-16-11-10-12-17-38)80-64(99)53(36(6)9-2)82-57(92)41(19-15-23-67)73-56(40)91/h10-12,16-17,31,33-37,40-48,52-54,84H,8-9,13-15,18-30,32,67,69H2,1-7H3,(H2,68,85)(H,70,72)(H,71,90)(H,73,91)(H,74,94)(H,75,100)(H,76,98)(H,77,95)(H,78,97)(H,79,96)(H,80,99)(H,82,92)(H,83,93)(H,86,87)(H,88,89)/t35-,36-,37-,40-,41+,42+,43-,44+,45-,46-,47+,48-,52-,53-,54-/m0/s1. The first-order chi connectivity index (χ1) is 47.9. The number of aromatic amines is 1. The second kappa shape index (κ2) is 42.9. The predicted molar refractivity (Wildman–Crippen MR) is 371 cm³/mol. The minimum absolute atomic E-state index is 0.00941. The average molecular weight is 1440 g/mol. The number of thioether (sulfide) groups is 1. The van der Waals surface area contributed by atoms with Gasteiger partial charge in [0, 0.05) is 50.1 Å². The molecular formula is C66H103N17O17S. The number of aliphatic imine (C=N–C) groups is 1. The molecule has 2 aromatic rings. The molecule has 1 saturated heterocycles. The van der Waals surface area contributed by atoms with Crippen LogP contribution in [-0.4, -0.2) is 211 Å². The normalized spacial score (nSPS) is 23.0. The van der Waals surface area contributed by atoms with E-state index in [1.54, 1.807) is 58.0 Å². The number of nitrogens with zero attached hydrogens (tertiary/aromatic N) is 2. The molecule has 34 nitrogen and oxygen atoms in total. The van der Waals surface area contributed by atoms with Gasteiger partial charge in [0.15, 0.2) is 0 Å². The van der Waals surface area contributed by atoms with Gasteiger partial charge < -0.3 is 96.0 Å². The van der Waals surface area contributed by atoms with Gasteiger partial charge >= 0.3 is 11.9 Å². The zero-order valence-corrected chi connectivity index (χ0v) is 59.1. The third-order valence-electron chi connectivity index (χ3n) is 17.4. The van der Waals surface area contributed by atoms with Crippen molar-refractivity contribution in [1.82, 2.24) is 68.5 Å². The Kier molecular flexibility index (Phi) is 35.8. The fraction of sp³-hybridized carbons (Fsp3) is 0.636. The number of rotatable bonds is 32. The summed E-state index contributed by atoms with van der Waals surface area (Å²) < 4.78 is 0. The third-order valence-corrected chi connectivity index (χ3v) is 18.6. The fourth-order valence-electron chi connectivity index (χ4n) is 11.0. The number of hydrogen-bond acceptors (Lipinski definition) is 20. The van der Waals surface area contributed by atoms with Gasteiger partial charge in [-0.3, -0.25) is 72.1 Å². The van der Waals surface area contributed by atoms with E-state index in [1.165, 1.54) is 31.2 Å². The first-order valence-electron chi connectivity index (χ1n) is 34.2. The van der Waals surface area contributed by atoms with Crippen LogP contribution in [0.1, 0.15) is 143 Å². The molecule has 4 rings (SSSR count). The summed E-state index contributed by atoms with van der Waals surface area (Å²) in [6, 6.07) is -8.84. The van der Waals surface area contributed by atoms with E-state index in [0.29, 0.717) is 10.6 Å². The van der Waals surface area contributed by atoms with Crippen molar-refractivity contribution >= 4 is 99.6 Å². The van der Waals surface area contributed by atoms with Crippen LogP contribution in [0.2, 0.25) is 0 Å². The molecule has 35 heteroatoms. The number of benzene rings is 1. The van der Waals surface area contributed by atoms with Crippen LogP contribution in [0.25, 0.3) is 0 Å². The molecule has 1 aromatic carbocycles.